The SMILES string of the molecule is CCOCc1ccc(C(=O)N2CCC[C@@H](c3nc4ccc(F)cc4cc3C(N)=O)C2)cc1. The van der Waals surface area contributed by atoms with Crippen LogP contribution in [0, 0.1) is 5.82 Å². The molecule has 2 N–H and O–H groups in total. The smallest absolute Gasteiger partial charge is 0.253 e. The number of carbonyl (C=O) groups excluding carboxylic acids is 2. The molecule has 2 aromatic carbocycles. The van der Waals surface area contributed by atoms with Crippen LogP contribution in [0.2, 0.25) is 0 Å². The summed E-state index contributed by atoms with van der Waals surface area (Å²) < 4.78 is 19.0. The quantitative estimate of drug-likeness (QED) is 0.634. The lowest BCUT2D eigenvalue weighted by Gasteiger charge is -2.33. The Hall–Kier alpha value is -3.32. The fraction of sp³-hybridized carbons (Fsp3) is 0.320. The number of rotatable bonds is 6. The highest BCUT2D eigenvalue weighted by atomic mass is 19.1. The number of pyridine rings is 1. The van der Waals surface area contributed by atoms with Crippen molar-refractivity contribution in [1.29, 1.82) is 0 Å². The van der Waals surface area contributed by atoms with Gasteiger partial charge in [-0.1, -0.05) is 12.1 Å². The van der Waals surface area contributed by atoms with Crippen molar-refractivity contribution in [3.05, 3.63) is 76.7 Å². The van der Waals surface area contributed by atoms with E-state index in [9.17, 15) is 14.0 Å². The van der Waals surface area contributed by atoms with E-state index in [4.69, 9.17) is 10.5 Å². The van der Waals surface area contributed by atoms with Gasteiger partial charge in [-0.3, -0.25) is 14.6 Å². The number of likely N-dealkylation sites (tertiary alicyclic amines) is 1. The zero-order valence-corrected chi connectivity index (χ0v) is 18.0. The molecule has 0 unspecified atom stereocenters. The summed E-state index contributed by atoms with van der Waals surface area (Å²) >= 11 is 0. The molecule has 7 heteroatoms. The maximum Gasteiger partial charge on any atom is 0.253 e. The minimum absolute atomic E-state index is 0.0545. The third kappa shape index (κ3) is 4.62. The molecule has 0 spiro atoms. The summed E-state index contributed by atoms with van der Waals surface area (Å²) in [6, 6.07) is 13.3. The summed E-state index contributed by atoms with van der Waals surface area (Å²) in [5.41, 5.74) is 8.70. The number of carbonyl (C=O) groups is 2. The van der Waals surface area contributed by atoms with Crippen LogP contribution in [-0.2, 0) is 11.3 Å². The zero-order valence-electron chi connectivity index (χ0n) is 18.0. The zero-order chi connectivity index (χ0) is 22.7. The number of hydrogen-bond acceptors (Lipinski definition) is 4. The average Bonchev–Trinajstić information content (AvgIpc) is 2.81. The first kappa shape index (κ1) is 21.9. The van der Waals surface area contributed by atoms with Gasteiger partial charge in [-0.15, -0.1) is 0 Å². The van der Waals surface area contributed by atoms with Crippen molar-refractivity contribution in [2.24, 2.45) is 5.73 Å². The number of fused-ring (bicyclic) bond motifs is 1. The van der Waals surface area contributed by atoms with Gasteiger partial charge in [0.2, 0.25) is 0 Å². The highest BCUT2D eigenvalue weighted by Crippen LogP contribution is 2.31. The highest BCUT2D eigenvalue weighted by molar-refractivity contribution is 5.98. The summed E-state index contributed by atoms with van der Waals surface area (Å²) in [5, 5.41) is 0.526. The van der Waals surface area contributed by atoms with Crippen LogP contribution in [0.3, 0.4) is 0 Å². The molecule has 32 heavy (non-hydrogen) atoms. The number of nitrogens with zero attached hydrogens (tertiary/aromatic N) is 2. The molecule has 1 saturated heterocycles. The lowest BCUT2D eigenvalue weighted by Crippen LogP contribution is -2.39. The van der Waals surface area contributed by atoms with Gasteiger partial charge in [-0.2, -0.15) is 0 Å². The van der Waals surface area contributed by atoms with Crippen molar-refractivity contribution in [2.45, 2.75) is 32.3 Å². The molecule has 1 atom stereocenters. The van der Waals surface area contributed by atoms with Gasteiger partial charge in [0, 0.05) is 36.6 Å². The van der Waals surface area contributed by atoms with Gasteiger partial charge >= 0.3 is 0 Å². The standard InChI is InChI=1S/C25H26FN3O3/c1-2-32-15-16-5-7-17(8-6-16)25(31)29-11-3-4-18(14-29)23-21(24(27)30)13-19-12-20(26)9-10-22(19)28-23/h5-10,12-13,18H,2-4,11,14-15H2,1H3,(H2,27,30)/t18-/m1/s1. The van der Waals surface area contributed by atoms with E-state index in [-0.39, 0.29) is 17.4 Å². The van der Waals surface area contributed by atoms with Crippen molar-refractivity contribution in [3.8, 4) is 0 Å². The van der Waals surface area contributed by atoms with Crippen molar-refractivity contribution >= 4 is 22.7 Å². The average molecular weight is 435 g/mol. The molecule has 166 valence electrons. The predicted octanol–water partition coefficient (Wildman–Crippen LogP) is 4.03. The van der Waals surface area contributed by atoms with E-state index in [1.807, 2.05) is 31.2 Å². The van der Waals surface area contributed by atoms with Crippen LogP contribution < -0.4 is 5.73 Å². The number of halogens is 1. The molecule has 1 aromatic heterocycles. The first-order valence-electron chi connectivity index (χ1n) is 10.8. The van der Waals surface area contributed by atoms with E-state index in [1.165, 1.54) is 12.1 Å². The molecule has 1 aliphatic rings. The predicted molar refractivity (Wildman–Crippen MR) is 120 cm³/mol. The molecular formula is C25H26FN3O3. The molecule has 6 nitrogen and oxygen atoms in total. The third-order valence-corrected chi connectivity index (χ3v) is 5.84. The largest absolute Gasteiger partial charge is 0.377 e. The molecule has 1 fully saturated rings. The van der Waals surface area contributed by atoms with Gasteiger partial charge in [-0.05, 0) is 61.7 Å². The van der Waals surface area contributed by atoms with Crippen LogP contribution in [0.15, 0.2) is 48.5 Å². The van der Waals surface area contributed by atoms with Gasteiger partial charge in [0.1, 0.15) is 5.82 Å². The molecule has 0 saturated carbocycles. The Labute approximate surface area is 186 Å². The Kier molecular flexibility index (Phi) is 6.46. The topological polar surface area (TPSA) is 85.5 Å². The summed E-state index contributed by atoms with van der Waals surface area (Å²) in [5.74, 6) is -1.18. The fourth-order valence-corrected chi connectivity index (χ4v) is 4.20. The van der Waals surface area contributed by atoms with Crippen molar-refractivity contribution < 1.29 is 18.7 Å². The first-order valence-corrected chi connectivity index (χ1v) is 10.8. The molecule has 1 aliphatic heterocycles. The number of ether oxygens (including phenoxy) is 1. The molecule has 0 radical (unpaired) electrons. The molecule has 0 aliphatic carbocycles. The first-order chi connectivity index (χ1) is 15.5. The summed E-state index contributed by atoms with van der Waals surface area (Å²) in [6.07, 6.45) is 1.58. The number of benzene rings is 2. The van der Waals surface area contributed by atoms with E-state index in [0.29, 0.717) is 48.5 Å². The summed E-state index contributed by atoms with van der Waals surface area (Å²) in [7, 11) is 0. The summed E-state index contributed by atoms with van der Waals surface area (Å²) in [4.78, 5) is 31.7. The normalized spacial score (nSPS) is 16.3. The summed E-state index contributed by atoms with van der Waals surface area (Å²) in [6.45, 7) is 4.18. The number of piperidine rings is 1. The lowest BCUT2D eigenvalue weighted by molar-refractivity contribution is 0.0705. The number of hydrogen-bond donors (Lipinski definition) is 1. The van der Waals surface area contributed by atoms with Gasteiger partial charge in [-0.25, -0.2) is 4.39 Å². The Morgan fingerprint density at radius 1 is 1.19 bits per heavy atom. The fourth-order valence-electron chi connectivity index (χ4n) is 4.20. The Morgan fingerprint density at radius 3 is 2.69 bits per heavy atom. The number of aromatic nitrogens is 1. The van der Waals surface area contributed by atoms with E-state index in [1.54, 1.807) is 17.0 Å². The van der Waals surface area contributed by atoms with Gasteiger partial charge in [0.25, 0.3) is 11.8 Å². The minimum Gasteiger partial charge on any atom is -0.377 e. The third-order valence-electron chi connectivity index (χ3n) is 5.84. The second-order valence-corrected chi connectivity index (χ2v) is 8.05. The van der Waals surface area contributed by atoms with Crippen molar-refractivity contribution in [2.75, 3.05) is 19.7 Å². The molecule has 0 bridgehead atoms. The van der Waals surface area contributed by atoms with Crippen LogP contribution in [0.1, 0.15) is 57.7 Å². The van der Waals surface area contributed by atoms with Crippen LogP contribution in [0.4, 0.5) is 4.39 Å². The van der Waals surface area contributed by atoms with Crippen molar-refractivity contribution in [3.63, 3.8) is 0 Å². The number of amides is 2. The molecule has 2 heterocycles. The van der Waals surface area contributed by atoms with Gasteiger partial charge < -0.3 is 15.4 Å². The lowest BCUT2D eigenvalue weighted by atomic mass is 9.90. The molecule has 2 amide bonds. The van der Waals surface area contributed by atoms with Crippen molar-refractivity contribution in [1.82, 2.24) is 9.88 Å². The molecular weight excluding hydrogens is 409 g/mol. The van der Waals surface area contributed by atoms with Gasteiger partial charge in [0.15, 0.2) is 0 Å². The second-order valence-electron chi connectivity index (χ2n) is 8.05. The Morgan fingerprint density at radius 2 is 1.97 bits per heavy atom. The van der Waals surface area contributed by atoms with E-state index in [0.717, 1.165) is 18.4 Å². The van der Waals surface area contributed by atoms with Crippen LogP contribution in [0.5, 0.6) is 0 Å². The maximum absolute atomic E-state index is 13.6. The molecule has 3 aromatic rings. The van der Waals surface area contributed by atoms with E-state index >= 15 is 0 Å². The number of primary amides is 1. The maximum atomic E-state index is 13.6. The van der Waals surface area contributed by atoms with E-state index in [2.05, 4.69) is 4.98 Å². The molecule has 4 rings (SSSR count). The second kappa shape index (κ2) is 9.44. The van der Waals surface area contributed by atoms with Crippen LogP contribution in [-0.4, -0.2) is 41.4 Å². The Bertz CT molecular complexity index is 1150. The van der Waals surface area contributed by atoms with Crippen LogP contribution >= 0.6 is 0 Å². The number of nitrogens with two attached hydrogens (primary N) is 1. The monoisotopic (exact) mass is 435 g/mol. The highest BCUT2D eigenvalue weighted by Gasteiger charge is 2.29. The Balaban J connectivity index is 1.58. The minimum atomic E-state index is -0.605. The van der Waals surface area contributed by atoms with E-state index < -0.39 is 11.7 Å². The van der Waals surface area contributed by atoms with Crippen LogP contribution in [0.25, 0.3) is 10.9 Å². The van der Waals surface area contributed by atoms with Gasteiger partial charge in [0.05, 0.1) is 23.4 Å².